The van der Waals surface area contributed by atoms with Crippen molar-refractivity contribution in [2.75, 3.05) is 11.1 Å². The number of nitrogens with one attached hydrogen (secondary N) is 1. The van der Waals surface area contributed by atoms with Gasteiger partial charge in [-0.2, -0.15) is 11.8 Å². The Morgan fingerprint density at radius 1 is 1.61 bits per heavy atom. The van der Waals surface area contributed by atoms with E-state index >= 15 is 0 Å². The van der Waals surface area contributed by atoms with Crippen molar-refractivity contribution in [3.8, 4) is 0 Å². The van der Waals surface area contributed by atoms with Crippen molar-refractivity contribution in [1.29, 1.82) is 0 Å². The zero-order valence-corrected chi connectivity index (χ0v) is 11.1. The van der Waals surface area contributed by atoms with E-state index in [0.717, 1.165) is 18.6 Å². The molecule has 0 aromatic carbocycles. The number of nitrogens with zero attached hydrogens (tertiary/aromatic N) is 2. The largest absolute Gasteiger partial charge is 0.477 e. The molecule has 0 spiro atoms. The van der Waals surface area contributed by atoms with Crippen molar-refractivity contribution in [3.63, 3.8) is 0 Å². The van der Waals surface area contributed by atoms with Gasteiger partial charge in [0.1, 0.15) is 0 Å². The maximum Gasteiger partial charge on any atom is 0.354 e. The number of carbonyl (C=O) groups is 1. The van der Waals surface area contributed by atoms with Crippen LogP contribution in [0.15, 0.2) is 12.3 Å². The van der Waals surface area contributed by atoms with E-state index in [0.29, 0.717) is 17.2 Å². The SMILES string of the molecule is CCSC1CCC(Nc2nccc(C(=O)O)n2)C1. The predicted molar refractivity (Wildman–Crippen MR) is 72.2 cm³/mol. The minimum atomic E-state index is -1.02. The number of thioether (sulfide) groups is 1. The van der Waals surface area contributed by atoms with Crippen LogP contribution in [-0.2, 0) is 0 Å². The predicted octanol–water partition coefficient (Wildman–Crippen LogP) is 2.26. The number of carboxylic acid groups (broad SMARTS) is 1. The van der Waals surface area contributed by atoms with E-state index in [-0.39, 0.29) is 5.69 Å². The molecule has 1 heterocycles. The van der Waals surface area contributed by atoms with Crippen molar-refractivity contribution in [3.05, 3.63) is 18.0 Å². The summed E-state index contributed by atoms with van der Waals surface area (Å²) in [7, 11) is 0. The Morgan fingerprint density at radius 3 is 3.17 bits per heavy atom. The number of hydrogen-bond acceptors (Lipinski definition) is 5. The van der Waals surface area contributed by atoms with E-state index in [4.69, 9.17) is 5.11 Å². The van der Waals surface area contributed by atoms with Crippen molar-refractivity contribution in [2.45, 2.75) is 37.5 Å². The molecule has 1 aromatic heterocycles. The standard InChI is InChI=1S/C12H17N3O2S/c1-2-18-9-4-3-8(7-9)14-12-13-6-5-10(15-12)11(16)17/h5-6,8-9H,2-4,7H2,1H3,(H,16,17)(H,13,14,15). The lowest BCUT2D eigenvalue weighted by Crippen LogP contribution is -2.18. The molecule has 1 aliphatic rings. The Hall–Kier alpha value is -1.30. The molecule has 1 fully saturated rings. The third-order valence-corrected chi connectivity index (χ3v) is 4.23. The molecule has 0 saturated heterocycles. The molecule has 2 atom stereocenters. The summed E-state index contributed by atoms with van der Waals surface area (Å²) in [6.07, 6.45) is 4.87. The smallest absolute Gasteiger partial charge is 0.354 e. The molecule has 5 nitrogen and oxygen atoms in total. The van der Waals surface area contributed by atoms with Gasteiger partial charge in [-0.25, -0.2) is 14.8 Å². The van der Waals surface area contributed by atoms with Crippen LogP contribution in [-0.4, -0.2) is 38.1 Å². The van der Waals surface area contributed by atoms with Crippen LogP contribution < -0.4 is 5.32 Å². The number of aromatic nitrogens is 2. The number of carboxylic acids is 1. The molecule has 0 bridgehead atoms. The highest BCUT2D eigenvalue weighted by molar-refractivity contribution is 7.99. The Bertz CT molecular complexity index is 428. The van der Waals surface area contributed by atoms with Gasteiger partial charge in [-0.1, -0.05) is 6.92 Å². The van der Waals surface area contributed by atoms with Gasteiger partial charge in [0.05, 0.1) is 0 Å². The van der Waals surface area contributed by atoms with Crippen molar-refractivity contribution < 1.29 is 9.90 Å². The molecule has 1 aliphatic carbocycles. The van der Waals surface area contributed by atoms with E-state index in [2.05, 4.69) is 22.2 Å². The zero-order valence-electron chi connectivity index (χ0n) is 10.3. The van der Waals surface area contributed by atoms with E-state index in [1.807, 2.05) is 11.8 Å². The monoisotopic (exact) mass is 267 g/mol. The van der Waals surface area contributed by atoms with Crippen LogP contribution in [0.3, 0.4) is 0 Å². The van der Waals surface area contributed by atoms with Gasteiger partial charge in [0, 0.05) is 17.5 Å². The highest BCUT2D eigenvalue weighted by Gasteiger charge is 2.25. The lowest BCUT2D eigenvalue weighted by molar-refractivity contribution is 0.0690. The normalized spacial score (nSPS) is 22.9. The average molecular weight is 267 g/mol. The van der Waals surface area contributed by atoms with Gasteiger partial charge in [-0.3, -0.25) is 0 Å². The number of aromatic carboxylic acids is 1. The lowest BCUT2D eigenvalue weighted by Gasteiger charge is -2.12. The fraction of sp³-hybridized carbons (Fsp3) is 0.583. The van der Waals surface area contributed by atoms with E-state index in [9.17, 15) is 4.79 Å². The van der Waals surface area contributed by atoms with E-state index in [1.54, 1.807) is 0 Å². The Morgan fingerprint density at radius 2 is 2.44 bits per heavy atom. The molecule has 98 valence electrons. The molecule has 1 saturated carbocycles. The van der Waals surface area contributed by atoms with Crippen molar-refractivity contribution >= 4 is 23.7 Å². The van der Waals surface area contributed by atoms with Crippen molar-refractivity contribution in [1.82, 2.24) is 9.97 Å². The third kappa shape index (κ3) is 3.35. The Balaban J connectivity index is 1.94. The summed E-state index contributed by atoms with van der Waals surface area (Å²) < 4.78 is 0. The second-order valence-electron chi connectivity index (χ2n) is 4.30. The number of hydrogen-bond donors (Lipinski definition) is 2. The highest BCUT2D eigenvalue weighted by Crippen LogP contribution is 2.30. The van der Waals surface area contributed by atoms with Gasteiger partial charge in [0.2, 0.25) is 5.95 Å². The first kappa shape index (κ1) is 13.1. The molecule has 0 amide bonds. The molecule has 6 heteroatoms. The first-order chi connectivity index (χ1) is 8.69. The second kappa shape index (κ2) is 6.04. The number of rotatable bonds is 5. The molecule has 2 rings (SSSR count). The van der Waals surface area contributed by atoms with Crippen LogP contribution in [0.2, 0.25) is 0 Å². The Labute approximate surface area is 110 Å². The average Bonchev–Trinajstić information content (AvgIpc) is 2.77. The van der Waals surface area contributed by atoms with Crippen LogP contribution in [0.4, 0.5) is 5.95 Å². The lowest BCUT2D eigenvalue weighted by atomic mass is 10.2. The van der Waals surface area contributed by atoms with Crippen LogP contribution >= 0.6 is 11.8 Å². The maximum atomic E-state index is 10.8. The Kier molecular flexibility index (Phi) is 4.41. The summed E-state index contributed by atoms with van der Waals surface area (Å²) in [5.41, 5.74) is 0.0324. The van der Waals surface area contributed by atoms with Crippen LogP contribution in [0.5, 0.6) is 0 Å². The first-order valence-corrected chi connectivity index (χ1v) is 7.18. The fourth-order valence-corrected chi connectivity index (χ4v) is 3.33. The van der Waals surface area contributed by atoms with Gasteiger partial charge in [0.25, 0.3) is 0 Å². The second-order valence-corrected chi connectivity index (χ2v) is 5.88. The van der Waals surface area contributed by atoms with Gasteiger partial charge < -0.3 is 10.4 Å². The molecule has 2 unspecified atom stereocenters. The number of anilines is 1. The molecule has 1 aromatic rings. The van der Waals surface area contributed by atoms with Crippen LogP contribution in [0, 0.1) is 0 Å². The minimum Gasteiger partial charge on any atom is -0.477 e. The van der Waals surface area contributed by atoms with Crippen LogP contribution in [0.1, 0.15) is 36.7 Å². The summed E-state index contributed by atoms with van der Waals surface area (Å²) in [6, 6.07) is 1.76. The molecule has 0 aliphatic heterocycles. The highest BCUT2D eigenvalue weighted by atomic mass is 32.2. The summed E-state index contributed by atoms with van der Waals surface area (Å²) in [5, 5.41) is 12.8. The molecular formula is C12H17N3O2S. The summed E-state index contributed by atoms with van der Waals surface area (Å²) >= 11 is 1.99. The fourth-order valence-electron chi connectivity index (χ4n) is 2.19. The molecular weight excluding hydrogens is 250 g/mol. The summed E-state index contributed by atoms with van der Waals surface area (Å²) in [4.78, 5) is 18.8. The van der Waals surface area contributed by atoms with Gasteiger partial charge >= 0.3 is 5.97 Å². The minimum absolute atomic E-state index is 0.0324. The van der Waals surface area contributed by atoms with E-state index < -0.39 is 5.97 Å². The topological polar surface area (TPSA) is 75.1 Å². The van der Waals surface area contributed by atoms with Crippen LogP contribution in [0.25, 0.3) is 0 Å². The molecule has 18 heavy (non-hydrogen) atoms. The summed E-state index contributed by atoms with van der Waals surface area (Å²) in [6.45, 7) is 2.17. The van der Waals surface area contributed by atoms with Crippen molar-refractivity contribution in [2.24, 2.45) is 0 Å². The maximum absolute atomic E-state index is 10.8. The zero-order chi connectivity index (χ0) is 13.0. The summed E-state index contributed by atoms with van der Waals surface area (Å²) in [5.74, 6) is 0.538. The quantitative estimate of drug-likeness (QED) is 0.852. The van der Waals surface area contributed by atoms with E-state index in [1.165, 1.54) is 18.7 Å². The molecule has 0 radical (unpaired) electrons. The van der Waals surface area contributed by atoms with Gasteiger partial charge in [-0.15, -0.1) is 0 Å². The van der Waals surface area contributed by atoms with Gasteiger partial charge in [-0.05, 0) is 31.1 Å². The third-order valence-electron chi connectivity index (χ3n) is 2.99. The molecule has 2 N–H and O–H groups in total. The first-order valence-electron chi connectivity index (χ1n) is 6.13. The van der Waals surface area contributed by atoms with Gasteiger partial charge in [0.15, 0.2) is 5.69 Å².